The number of rotatable bonds is 2. The van der Waals surface area contributed by atoms with Gasteiger partial charge in [-0.25, -0.2) is 4.98 Å². The molecule has 2 heterocycles. The molecule has 1 aliphatic heterocycles. The van der Waals surface area contributed by atoms with E-state index < -0.39 is 0 Å². The van der Waals surface area contributed by atoms with Crippen molar-refractivity contribution >= 4 is 28.3 Å². The van der Waals surface area contributed by atoms with Crippen LogP contribution in [0.3, 0.4) is 0 Å². The van der Waals surface area contributed by atoms with Crippen molar-refractivity contribution in [2.75, 3.05) is 11.4 Å². The molecule has 0 spiro atoms. The van der Waals surface area contributed by atoms with Gasteiger partial charge in [0.25, 0.3) is 0 Å². The van der Waals surface area contributed by atoms with Crippen LogP contribution in [0.1, 0.15) is 11.8 Å². The molecule has 16 heavy (non-hydrogen) atoms. The number of hydrogen-bond donors (Lipinski definition) is 2. The van der Waals surface area contributed by atoms with Crippen molar-refractivity contribution in [2.24, 2.45) is 5.73 Å². The fourth-order valence-corrected chi connectivity index (χ4v) is 2.34. The van der Waals surface area contributed by atoms with Gasteiger partial charge in [-0.05, 0) is 6.92 Å². The average Bonchev–Trinajstić information content (AvgIpc) is 2.71. The van der Waals surface area contributed by atoms with E-state index in [1.807, 2.05) is 0 Å². The Balaban J connectivity index is 2.24. The van der Waals surface area contributed by atoms with Crippen LogP contribution in [0, 0.1) is 0 Å². The number of imide groups is 1. The number of nitrogens with zero attached hydrogens (tertiary/aromatic N) is 2. The molecule has 1 aromatic heterocycles. The standard InChI is InChI=1S/C9H12N4O2S/c1-5-8(15)12-7(14)4-13(5)9-11-3-6(2-10)16-9/h3,5H,2,4,10H2,1H3,(H,12,14,15). The minimum absolute atomic E-state index is 0.157. The number of thiazole rings is 1. The Hall–Kier alpha value is -1.47. The summed E-state index contributed by atoms with van der Waals surface area (Å²) in [6, 6.07) is -0.380. The van der Waals surface area contributed by atoms with Crippen LogP contribution < -0.4 is 16.0 Å². The molecule has 1 saturated heterocycles. The van der Waals surface area contributed by atoms with Crippen molar-refractivity contribution in [3.8, 4) is 0 Å². The fourth-order valence-electron chi connectivity index (χ4n) is 1.47. The van der Waals surface area contributed by atoms with Gasteiger partial charge in [0.05, 0.1) is 0 Å². The van der Waals surface area contributed by atoms with E-state index in [1.165, 1.54) is 11.3 Å². The zero-order chi connectivity index (χ0) is 11.7. The molecular formula is C9H12N4O2S. The van der Waals surface area contributed by atoms with Gasteiger partial charge in [-0.3, -0.25) is 14.9 Å². The topological polar surface area (TPSA) is 88.3 Å². The van der Waals surface area contributed by atoms with Crippen molar-refractivity contribution < 1.29 is 9.59 Å². The molecule has 7 heteroatoms. The Kier molecular flexibility index (Phi) is 2.88. The van der Waals surface area contributed by atoms with Gasteiger partial charge in [-0.2, -0.15) is 0 Å². The first-order chi connectivity index (χ1) is 7.61. The highest BCUT2D eigenvalue weighted by Gasteiger charge is 2.31. The maximum atomic E-state index is 11.4. The lowest BCUT2D eigenvalue weighted by Gasteiger charge is -2.31. The predicted molar refractivity (Wildman–Crippen MR) is 60.0 cm³/mol. The lowest BCUT2D eigenvalue weighted by molar-refractivity contribution is -0.132. The van der Waals surface area contributed by atoms with E-state index in [0.717, 1.165) is 4.88 Å². The zero-order valence-electron chi connectivity index (χ0n) is 8.77. The summed E-state index contributed by atoms with van der Waals surface area (Å²) < 4.78 is 0. The van der Waals surface area contributed by atoms with Crippen molar-refractivity contribution in [2.45, 2.75) is 19.5 Å². The molecule has 0 bridgehead atoms. The maximum Gasteiger partial charge on any atom is 0.249 e. The van der Waals surface area contributed by atoms with Crippen LogP contribution in [0.15, 0.2) is 6.20 Å². The number of hydrogen-bond acceptors (Lipinski definition) is 6. The smallest absolute Gasteiger partial charge is 0.249 e. The summed E-state index contributed by atoms with van der Waals surface area (Å²) in [6.07, 6.45) is 1.67. The Morgan fingerprint density at radius 1 is 1.69 bits per heavy atom. The van der Waals surface area contributed by atoms with Crippen LogP contribution in [0.4, 0.5) is 5.13 Å². The lowest BCUT2D eigenvalue weighted by atomic mass is 10.2. The molecule has 86 valence electrons. The minimum Gasteiger partial charge on any atom is -0.327 e. The maximum absolute atomic E-state index is 11.4. The molecule has 1 atom stereocenters. The molecular weight excluding hydrogens is 228 g/mol. The summed E-state index contributed by atoms with van der Waals surface area (Å²) in [5.74, 6) is -0.589. The Morgan fingerprint density at radius 3 is 3.06 bits per heavy atom. The first-order valence-corrected chi connectivity index (χ1v) is 5.68. The van der Waals surface area contributed by atoms with Crippen molar-refractivity contribution in [1.29, 1.82) is 0 Å². The van der Waals surface area contributed by atoms with Crippen LogP contribution >= 0.6 is 11.3 Å². The number of carbonyl (C=O) groups excluding carboxylic acids is 2. The molecule has 6 nitrogen and oxygen atoms in total. The number of aromatic nitrogens is 1. The zero-order valence-corrected chi connectivity index (χ0v) is 9.58. The molecule has 0 radical (unpaired) electrons. The Morgan fingerprint density at radius 2 is 2.44 bits per heavy atom. The second-order valence-corrected chi connectivity index (χ2v) is 4.62. The van der Waals surface area contributed by atoms with Crippen LogP contribution in [-0.2, 0) is 16.1 Å². The van der Waals surface area contributed by atoms with E-state index >= 15 is 0 Å². The second-order valence-electron chi connectivity index (χ2n) is 3.53. The number of anilines is 1. The van der Waals surface area contributed by atoms with E-state index in [0.29, 0.717) is 11.7 Å². The summed E-state index contributed by atoms with van der Waals surface area (Å²) in [5.41, 5.74) is 5.49. The average molecular weight is 240 g/mol. The quantitative estimate of drug-likeness (QED) is 0.677. The van der Waals surface area contributed by atoms with Crippen LogP contribution in [0.5, 0.6) is 0 Å². The second kappa shape index (κ2) is 4.18. The van der Waals surface area contributed by atoms with E-state index in [-0.39, 0.29) is 24.4 Å². The molecule has 1 aliphatic rings. The summed E-state index contributed by atoms with van der Waals surface area (Å²) in [6.45, 7) is 2.32. The monoisotopic (exact) mass is 240 g/mol. The Bertz CT molecular complexity index is 431. The third kappa shape index (κ3) is 1.91. The van der Waals surface area contributed by atoms with Crippen molar-refractivity contribution in [3.63, 3.8) is 0 Å². The molecule has 0 aromatic carbocycles. The number of piperazine rings is 1. The number of nitrogens with one attached hydrogen (secondary N) is 1. The molecule has 3 N–H and O–H groups in total. The molecule has 0 aliphatic carbocycles. The van der Waals surface area contributed by atoms with Gasteiger partial charge in [0.15, 0.2) is 5.13 Å². The highest BCUT2D eigenvalue weighted by Crippen LogP contribution is 2.24. The Labute approximate surface area is 96.4 Å². The van der Waals surface area contributed by atoms with E-state index in [2.05, 4.69) is 10.3 Å². The van der Waals surface area contributed by atoms with Gasteiger partial charge in [0, 0.05) is 17.6 Å². The highest BCUT2D eigenvalue weighted by molar-refractivity contribution is 7.15. The van der Waals surface area contributed by atoms with Crippen molar-refractivity contribution in [3.05, 3.63) is 11.1 Å². The minimum atomic E-state index is -0.380. The third-order valence-electron chi connectivity index (χ3n) is 2.41. The summed E-state index contributed by atoms with van der Waals surface area (Å²) in [5, 5.41) is 2.95. The lowest BCUT2D eigenvalue weighted by Crippen LogP contribution is -2.57. The number of amides is 2. The van der Waals surface area contributed by atoms with Gasteiger partial charge < -0.3 is 10.6 Å². The van der Waals surface area contributed by atoms with Crippen LogP contribution in [0.2, 0.25) is 0 Å². The first kappa shape index (κ1) is 11.0. The highest BCUT2D eigenvalue weighted by atomic mass is 32.1. The normalized spacial score (nSPS) is 21.1. The predicted octanol–water partition coefficient (Wildman–Crippen LogP) is -0.547. The SMILES string of the molecule is CC1C(=O)NC(=O)CN1c1ncc(CN)s1. The van der Waals surface area contributed by atoms with E-state index in [1.54, 1.807) is 18.0 Å². The van der Waals surface area contributed by atoms with E-state index in [9.17, 15) is 9.59 Å². The molecule has 1 unspecified atom stereocenters. The summed E-state index contributed by atoms with van der Waals surface area (Å²) in [4.78, 5) is 29.5. The molecule has 0 saturated carbocycles. The van der Waals surface area contributed by atoms with Gasteiger partial charge in [0.1, 0.15) is 12.6 Å². The molecule has 1 aromatic rings. The van der Waals surface area contributed by atoms with Gasteiger partial charge in [-0.15, -0.1) is 11.3 Å². The summed E-state index contributed by atoms with van der Waals surface area (Å²) in [7, 11) is 0. The van der Waals surface area contributed by atoms with Gasteiger partial charge in [-0.1, -0.05) is 0 Å². The van der Waals surface area contributed by atoms with Gasteiger partial charge >= 0.3 is 0 Å². The fraction of sp³-hybridized carbons (Fsp3) is 0.444. The number of carbonyl (C=O) groups is 2. The third-order valence-corrected chi connectivity index (χ3v) is 3.47. The first-order valence-electron chi connectivity index (χ1n) is 4.87. The van der Waals surface area contributed by atoms with Gasteiger partial charge in [0.2, 0.25) is 11.8 Å². The largest absolute Gasteiger partial charge is 0.327 e. The van der Waals surface area contributed by atoms with Crippen LogP contribution in [0.25, 0.3) is 0 Å². The van der Waals surface area contributed by atoms with Crippen molar-refractivity contribution in [1.82, 2.24) is 10.3 Å². The van der Waals surface area contributed by atoms with Crippen LogP contribution in [-0.4, -0.2) is 29.4 Å². The number of nitrogens with two attached hydrogens (primary N) is 1. The molecule has 1 fully saturated rings. The molecule has 2 amide bonds. The summed E-state index contributed by atoms with van der Waals surface area (Å²) >= 11 is 1.40. The molecule has 2 rings (SSSR count). The van der Waals surface area contributed by atoms with E-state index in [4.69, 9.17) is 5.73 Å².